The van der Waals surface area contributed by atoms with Gasteiger partial charge in [0, 0.05) is 15.9 Å². The van der Waals surface area contributed by atoms with Crippen LogP contribution >= 0.6 is 7.14 Å². The number of rotatable bonds is 11. The Kier molecular flexibility index (Phi) is 9.31. The summed E-state index contributed by atoms with van der Waals surface area (Å²) in [6, 6.07) is 33.2. The summed E-state index contributed by atoms with van der Waals surface area (Å²) >= 11 is 0. The average molecular weight is 527 g/mol. The number of hydrogen-bond donors (Lipinski definition) is 0. The van der Waals surface area contributed by atoms with E-state index in [1.165, 1.54) is 0 Å². The van der Waals surface area contributed by atoms with E-state index >= 15 is 0 Å². The van der Waals surface area contributed by atoms with E-state index in [0.717, 1.165) is 11.3 Å². The van der Waals surface area contributed by atoms with Crippen LogP contribution in [0.3, 0.4) is 0 Å². The van der Waals surface area contributed by atoms with E-state index in [9.17, 15) is 9.36 Å². The van der Waals surface area contributed by atoms with E-state index in [1.807, 2.05) is 91.0 Å². The van der Waals surface area contributed by atoms with Crippen LogP contribution in [0.2, 0.25) is 0 Å². The molecule has 0 aliphatic carbocycles. The Balaban J connectivity index is 1.46. The van der Waals surface area contributed by atoms with Gasteiger partial charge in [-0.05, 0) is 42.8 Å². The summed E-state index contributed by atoms with van der Waals surface area (Å²) in [5, 5.41) is 1.78. The van der Waals surface area contributed by atoms with Crippen LogP contribution in [-0.2, 0) is 20.6 Å². The molecule has 5 nitrogen and oxygen atoms in total. The Labute approximate surface area is 224 Å². The molecule has 6 heteroatoms. The third-order valence-corrected chi connectivity index (χ3v) is 9.16. The largest absolute Gasteiger partial charge is 0.497 e. The summed E-state index contributed by atoms with van der Waals surface area (Å²) in [5.41, 5.74) is 1.33. The van der Waals surface area contributed by atoms with Crippen molar-refractivity contribution in [2.45, 2.75) is 19.6 Å². The third-order valence-electron chi connectivity index (χ3n) is 6.04. The summed E-state index contributed by atoms with van der Waals surface area (Å²) in [6.45, 7) is 2.63. The summed E-state index contributed by atoms with van der Waals surface area (Å²) in [7, 11) is -1.69. The Morgan fingerprint density at radius 3 is 2.00 bits per heavy atom. The lowest BCUT2D eigenvalue weighted by molar-refractivity contribution is 0.0424. The molecule has 0 saturated heterocycles. The van der Waals surface area contributed by atoms with E-state index in [0.29, 0.717) is 34.7 Å². The molecule has 4 aromatic rings. The number of carbonyl (C=O) groups excluding carboxylic acids is 1. The van der Waals surface area contributed by atoms with Gasteiger partial charge in [0.2, 0.25) is 0 Å². The maximum atomic E-state index is 14.8. The molecule has 0 radical (unpaired) electrons. The van der Waals surface area contributed by atoms with Crippen LogP contribution < -0.4 is 20.7 Å². The summed E-state index contributed by atoms with van der Waals surface area (Å²) in [5.74, 6) is 0.277. The molecule has 0 heterocycles. The van der Waals surface area contributed by atoms with E-state index < -0.39 is 19.2 Å². The first-order chi connectivity index (χ1) is 18.5. The summed E-state index contributed by atoms with van der Waals surface area (Å²) in [4.78, 5) is 13.3. The van der Waals surface area contributed by atoms with Crippen molar-refractivity contribution in [3.05, 3.63) is 132 Å². The highest BCUT2D eigenvalue weighted by atomic mass is 31.2. The second kappa shape index (κ2) is 13.0. The fourth-order valence-electron chi connectivity index (χ4n) is 4.11. The predicted molar refractivity (Wildman–Crippen MR) is 153 cm³/mol. The second-order valence-corrected chi connectivity index (χ2v) is 11.4. The van der Waals surface area contributed by atoms with Gasteiger partial charge < -0.3 is 18.8 Å². The highest BCUT2D eigenvalue weighted by Crippen LogP contribution is 2.43. The van der Waals surface area contributed by atoms with Crippen molar-refractivity contribution in [2.24, 2.45) is 0 Å². The zero-order chi connectivity index (χ0) is 26.8. The van der Waals surface area contributed by atoms with Crippen LogP contribution in [0.25, 0.3) is 0 Å². The Bertz CT molecular complexity index is 1360. The molecular weight excluding hydrogens is 495 g/mol. The minimum atomic E-state index is -3.32. The fraction of sp³-hybridized carbons (Fsp3) is 0.156. The van der Waals surface area contributed by atoms with Crippen LogP contribution in [0.15, 0.2) is 121 Å². The molecule has 0 aliphatic heterocycles. The second-order valence-electron chi connectivity index (χ2n) is 8.70. The van der Waals surface area contributed by atoms with Gasteiger partial charge in [-0.2, -0.15) is 0 Å². The predicted octanol–water partition coefficient (Wildman–Crippen LogP) is 5.65. The lowest BCUT2D eigenvalue weighted by Gasteiger charge is -2.22. The van der Waals surface area contributed by atoms with Crippen molar-refractivity contribution in [3.8, 4) is 5.75 Å². The molecule has 1 unspecified atom stereocenters. The molecule has 0 aliphatic rings. The zero-order valence-electron chi connectivity index (χ0n) is 21.5. The number of esters is 1. The fourth-order valence-corrected chi connectivity index (χ4v) is 6.95. The standard InChI is InChI=1S/C32H31O5P/c1-25(12-11-23-36-24-26-19-21-27(35-2)22-20-26)37-32(33)30-17-9-10-18-31(30)38(34,28-13-5-3-6-14-28)29-15-7-4-8-16-29/h3-22,25H,23-24H2,1-2H3/b12-11-. The molecule has 0 saturated carbocycles. The average Bonchev–Trinajstić information content (AvgIpc) is 2.97. The van der Waals surface area contributed by atoms with E-state index in [1.54, 1.807) is 44.4 Å². The highest BCUT2D eigenvalue weighted by Gasteiger charge is 2.33. The number of hydrogen-bond acceptors (Lipinski definition) is 5. The molecule has 0 bridgehead atoms. The molecule has 4 rings (SSSR count). The molecule has 38 heavy (non-hydrogen) atoms. The SMILES string of the molecule is COc1ccc(COC/C=C\C(C)OC(=O)c2ccccc2P(=O)(c2ccccc2)c2ccccc2)cc1. The Morgan fingerprint density at radius 1 is 0.816 bits per heavy atom. The first-order valence-corrected chi connectivity index (χ1v) is 14.1. The van der Waals surface area contributed by atoms with Crippen molar-refractivity contribution < 1.29 is 23.6 Å². The normalized spacial score (nSPS) is 12.3. The first kappa shape index (κ1) is 27.1. The van der Waals surface area contributed by atoms with Gasteiger partial charge in [0.1, 0.15) is 11.9 Å². The molecule has 1 atom stereocenters. The molecule has 0 fully saturated rings. The van der Waals surface area contributed by atoms with Crippen molar-refractivity contribution in [1.82, 2.24) is 0 Å². The molecule has 0 N–H and O–H groups in total. The quantitative estimate of drug-likeness (QED) is 0.109. The van der Waals surface area contributed by atoms with Crippen LogP contribution in [0.4, 0.5) is 0 Å². The molecular formula is C32H31O5P. The van der Waals surface area contributed by atoms with Crippen molar-refractivity contribution in [1.29, 1.82) is 0 Å². The van der Waals surface area contributed by atoms with Gasteiger partial charge in [0.15, 0.2) is 7.14 Å². The number of carbonyl (C=O) groups is 1. The number of ether oxygens (including phenoxy) is 3. The molecule has 4 aromatic carbocycles. The first-order valence-electron chi connectivity index (χ1n) is 12.4. The highest BCUT2D eigenvalue weighted by molar-refractivity contribution is 7.85. The van der Waals surface area contributed by atoms with E-state index in [2.05, 4.69) is 0 Å². The van der Waals surface area contributed by atoms with Crippen LogP contribution in [-0.4, -0.2) is 25.8 Å². The maximum absolute atomic E-state index is 14.8. The zero-order valence-corrected chi connectivity index (χ0v) is 22.4. The Hall–Kier alpha value is -3.92. The van der Waals surface area contributed by atoms with Crippen LogP contribution in [0, 0.1) is 0 Å². The summed E-state index contributed by atoms with van der Waals surface area (Å²) < 4.78 is 31.4. The van der Waals surface area contributed by atoms with Crippen molar-refractivity contribution in [3.63, 3.8) is 0 Å². The van der Waals surface area contributed by atoms with E-state index in [-0.39, 0.29) is 0 Å². The lowest BCUT2D eigenvalue weighted by atomic mass is 10.2. The van der Waals surface area contributed by atoms with Crippen LogP contribution in [0.1, 0.15) is 22.8 Å². The lowest BCUT2D eigenvalue weighted by Crippen LogP contribution is -2.30. The molecule has 0 spiro atoms. The third kappa shape index (κ3) is 6.49. The molecule has 0 aromatic heterocycles. The van der Waals surface area contributed by atoms with Crippen molar-refractivity contribution in [2.75, 3.05) is 13.7 Å². The van der Waals surface area contributed by atoms with Crippen molar-refractivity contribution >= 4 is 29.0 Å². The topological polar surface area (TPSA) is 61.8 Å². The monoisotopic (exact) mass is 526 g/mol. The van der Waals surface area contributed by atoms with Gasteiger partial charge >= 0.3 is 5.97 Å². The van der Waals surface area contributed by atoms with Gasteiger partial charge in [-0.3, -0.25) is 0 Å². The van der Waals surface area contributed by atoms with Gasteiger partial charge in [0.05, 0.1) is 25.9 Å². The molecule has 0 amide bonds. The van der Waals surface area contributed by atoms with Gasteiger partial charge in [-0.25, -0.2) is 4.79 Å². The smallest absolute Gasteiger partial charge is 0.339 e. The minimum absolute atomic E-state index is 0.291. The van der Waals surface area contributed by atoms with E-state index in [4.69, 9.17) is 14.2 Å². The number of methoxy groups -OCH3 is 1. The maximum Gasteiger partial charge on any atom is 0.339 e. The molecule has 194 valence electrons. The van der Waals surface area contributed by atoms with Gasteiger partial charge in [-0.1, -0.05) is 91.0 Å². The van der Waals surface area contributed by atoms with Crippen LogP contribution in [0.5, 0.6) is 5.75 Å². The minimum Gasteiger partial charge on any atom is -0.497 e. The number of benzene rings is 4. The summed E-state index contributed by atoms with van der Waals surface area (Å²) in [6.07, 6.45) is 3.11. The Morgan fingerprint density at radius 2 is 1.39 bits per heavy atom. The van der Waals surface area contributed by atoms with Gasteiger partial charge in [0.25, 0.3) is 0 Å². The van der Waals surface area contributed by atoms with Gasteiger partial charge in [-0.15, -0.1) is 0 Å².